The predicted molar refractivity (Wildman–Crippen MR) is 80.3 cm³/mol. The highest BCUT2D eigenvalue weighted by molar-refractivity contribution is 4.80. The van der Waals surface area contributed by atoms with E-state index in [1.807, 2.05) is 0 Å². The number of nitrogens with zero attached hydrogens (tertiary/aromatic N) is 1. The second-order valence-electron chi connectivity index (χ2n) is 6.94. The maximum Gasteiger partial charge on any atom is 0.0667 e. The third kappa shape index (κ3) is 5.05. The predicted octanol–water partition coefficient (Wildman–Crippen LogP) is 2.25. The molecule has 2 unspecified atom stereocenters. The minimum absolute atomic E-state index is 0.134. The van der Waals surface area contributed by atoms with Crippen molar-refractivity contribution in [3.8, 4) is 0 Å². The molecule has 1 aliphatic heterocycles. The monoisotopic (exact) mass is 268 g/mol. The molecule has 0 radical (unpaired) electrons. The van der Waals surface area contributed by atoms with Crippen LogP contribution in [0.15, 0.2) is 0 Å². The van der Waals surface area contributed by atoms with Crippen molar-refractivity contribution in [3.63, 3.8) is 0 Å². The molecule has 3 heteroatoms. The lowest BCUT2D eigenvalue weighted by molar-refractivity contribution is 0.139. The average molecular weight is 268 g/mol. The van der Waals surface area contributed by atoms with E-state index in [4.69, 9.17) is 0 Å². The standard InChI is InChI=1S/C16H32N2O/c1-13(2)18-8-7-15(12-18)10-17-11-16(19)9-14-5-3-4-6-14/h13-17,19H,3-12H2,1-2H3. The molecule has 2 rings (SSSR count). The van der Waals surface area contributed by atoms with Crippen LogP contribution in [-0.2, 0) is 0 Å². The van der Waals surface area contributed by atoms with Crippen LogP contribution < -0.4 is 5.32 Å². The molecule has 0 aromatic carbocycles. The Morgan fingerprint density at radius 3 is 2.53 bits per heavy atom. The Balaban J connectivity index is 1.54. The zero-order valence-electron chi connectivity index (χ0n) is 12.8. The van der Waals surface area contributed by atoms with Crippen LogP contribution in [0.3, 0.4) is 0 Å². The first-order valence-corrected chi connectivity index (χ1v) is 8.28. The fourth-order valence-electron chi connectivity index (χ4n) is 3.67. The summed E-state index contributed by atoms with van der Waals surface area (Å²) in [6.07, 6.45) is 7.60. The summed E-state index contributed by atoms with van der Waals surface area (Å²) >= 11 is 0. The number of aliphatic hydroxyl groups excluding tert-OH is 1. The minimum atomic E-state index is -0.134. The Hall–Kier alpha value is -0.120. The van der Waals surface area contributed by atoms with Gasteiger partial charge in [0.1, 0.15) is 0 Å². The SMILES string of the molecule is CC(C)N1CCC(CNCC(O)CC2CCCC2)C1. The van der Waals surface area contributed by atoms with Gasteiger partial charge in [0.05, 0.1) is 6.10 Å². The van der Waals surface area contributed by atoms with Gasteiger partial charge < -0.3 is 15.3 Å². The first kappa shape index (κ1) is 15.3. The molecule has 2 atom stereocenters. The van der Waals surface area contributed by atoms with Crippen LogP contribution in [-0.4, -0.2) is 48.3 Å². The van der Waals surface area contributed by atoms with Gasteiger partial charge in [0.25, 0.3) is 0 Å². The molecular formula is C16H32N2O. The van der Waals surface area contributed by atoms with Gasteiger partial charge in [-0.2, -0.15) is 0 Å². The summed E-state index contributed by atoms with van der Waals surface area (Å²) in [5.41, 5.74) is 0. The molecule has 1 aliphatic carbocycles. The van der Waals surface area contributed by atoms with Crippen LogP contribution in [0.5, 0.6) is 0 Å². The quantitative estimate of drug-likeness (QED) is 0.743. The normalized spacial score (nSPS) is 27.5. The number of aliphatic hydroxyl groups is 1. The van der Waals surface area contributed by atoms with Gasteiger partial charge in [-0.1, -0.05) is 25.7 Å². The number of rotatable bonds is 7. The van der Waals surface area contributed by atoms with Gasteiger partial charge in [-0.25, -0.2) is 0 Å². The lowest BCUT2D eigenvalue weighted by Gasteiger charge is -2.21. The van der Waals surface area contributed by atoms with Crippen molar-refractivity contribution >= 4 is 0 Å². The zero-order valence-corrected chi connectivity index (χ0v) is 12.8. The van der Waals surface area contributed by atoms with Crippen LogP contribution in [0.25, 0.3) is 0 Å². The van der Waals surface area contributed by atoms with E-state index in [1.165, 1.54) is 45.2 Å². The molecule has 1 saturated heterocycles. The van der Waals surface area contributed by atoms with E-state index < -0.39 is 0 Å². The van der Waals surface area contributed by atoms with Crippen molar-refractivity contribution in [2.75, 3.05) is 26.2 Å². The van der Waals surface area contributed by atoms with E-state index >= 15 is 0 Å². The van der Waals surface area contributed by atoms with Gasteiger partial charge in [-0.3, -0.25) is 0 Å². The van der Waals surface area contributed by atoms with Crippen LogP contribution in [0.4, 0.5) is 0 Å². The zero-order chi connectivity index (χ0) is 13.7. The van der Waals surface area contributed by atoms with E-state index in [1.54, 1.807) is 0 Å². The maximum absolute atomic E-state index is 10.1. The smallest absolute Gasteiger partial charge is 0.0667 e. The molecule has 3 nitrogen and oxygen atoms in total. The third-order valence-electron chi connectivity index (χ3n) is 4.94. The third-order valence-corrected chi connectivity index (χ3v) is 4.94. The van der Waals surface area contributed by atoms with Gasteiger partial charge in [0, 0.05) is 19.1 Å². The van der Waals surface area contributed by atoms with Crippen LogP contribution in [0, 0.1) is 11.8 Å². The van der Waals surface area contributed by atoms with Crippen molar-refractivity contribution in [2.24, 2.45) is 11.8 Å². The van der Waals surface area contributed by atoms with Crippen molar-refractivity contribution in [2.45, 2.75) is 64.5 Å². The molecule has 0 aromatic rings. The summed E-state index contributed by atoms with van der Waals surface area (Å²) in [7, 11) is 0. The number of likely N-dealkylation sites (tertiary alicyclic amines) is 1. The Bertz CT molecular complexity index is 251. The average Bonchev–Trinajstić information content (AvgIpc) is 3.00. The molecule has 19 heavy (non-hydrogen) atoms. The van der Waals surface area contributed by atoms with Gasteiger partial charge >= 0.3 is 0 Å². The largest absolute Gasteiger partial charge is 0.392 e. The molecule has 2 fully saturated rings. The lowest BCUT2D eigenvalue weighted by atomic mass is 10.00. The van der Waals surface area contributed by atoms with Crippen LogP contribution >= 0.6 is 0 Å². The Morgan fingerprint density at radius 2 is 1.89 bits per heavy atom. The topological polar surface area (TPSA) is 35.5 Å². The molecule has 0 aromatic heterocycles. The molecular weight excluding hydrogens is 236 g/mol. The highest BCUT2D eigenvalue weighted by Crippen LogP contribution is 2.28. The van der Waals surface area contributed by atoms with E-state index in [0.717, 1.165) is 31.3 Å². The molecule has 1 heterocycles. The van der Waals surface area contributed by atoms with Crippen LogP contribution in [0.1, 0.15) is 52.4 Å². The van der Waals surface area contributed by atoms with Crippen molar-refractivity contribution < 1.29 is 5.11 Å². The molecule has 0 amide bonds. The van der Waals surface area contributed by atoms with Crippen molar-refractivity contribution in [1.29, 1.82) is 0 Å². The number of nitrogens with one attached hydrogen (secondary N) is 1. The maximum atomic E-state index is 10.1. The van der Waals surface area contributed by atoms with E-state index in [-0.39, 0.29) is 6.10 Å². The summed E-state index contributed by atoms with van der Waals surface area (Å²) in [5.74, 6) is 1.57. The van der Waals surface area contributed by atoms with Crippen LogP contribution in [0.2, 0.25) is 0 Å². The first-order valence-electron chi connectivity index (χ1n) is 8.28. The summed E-state index contributed by atoms with van der Waals surface area (Å²) in [6.45, 7) is 8.89. The molecule has 112 valence electrons. The molecule has 1 saturated carbocycles. The number of hydrogen-bond acceptors (Lipinski definition) is 3. The second-order valence-corrected chi connectivity index (χ2v) is 6.94. The molecule has 2 N–H and O–H groups in total. The minimum Gasteiger partial charge on any atom is -0.392 e. The van der Waals surface area contributed by atoms with Gasteiger partial charge in [-0.15, -0.1) is 0 Å². The van der Waals surface area contributed by atoms with E-state index in [9.17, 15) is 5.11 Å². The van der Waals surface area contributed by atoms with Gasteiger partial charge in [0.2, 0.25) is 0 Å². The second kappa shape index (κ2) is 7.61. The Labute approximate surface area is 118 Å². The lowest BCUT2D eigenvalue weighted by Crippen LogP contribution is -2.34. The highest BCUT2D eigenvalue weighted by atomic mass is 16.3. The molecule has 2 aliphatic rings. The Kier molecular flexibility index (Phi) is 6.11. The van der Waals surface area contributed by atoms with Crippen molar-refractivity contribution in [3.05, 3.63) is 0 Å². The van der Waals surface area contributed by atoms with Gasteiger partial charge in [-0.05, 0) is 51.6 Å². The first-order chi connectivity index (χ1) is 9.15. The fourth-order valence-corrected chi connectivity index (χ4v) is 3.67. The summed E-state index contributed by atoms with van der Waals surface area (Å²) < 4.78 is 0. The summed E-state index contributed by atoms with van der Waals surface area (Å²) in [5, 5.41) is 13.5. The summed E-state index contributed by atoms with van der Waals surface area (Å²) in [4.78, 5) is 2.56. The van der Waals surface area contributed by atoms with Gasteiger partial charge in [0.15, 0.2) is 0 Å². The molecule has 0 bridgehead atoms. The highest BCUT2D eigenvalue weighted by Gasteiger charge is 2.24. The number of hydrogen-bond donors (Lipinski definition) is 2. The molecule has 0 spiro atoms. The van der Waals surface area contributed by atoms with Crippen molar-refractivity contribution in [1.82, 2.24) is 10.2 Å². The fraction of sp³-hybridized carbons (Fsp3) is 1.00. The van der Waals surface area contributed by atoms with E-state index in [0.29, 0.717) is 6.04 Å². The summed E-state index contributed by atoms with van der Waals surface area (Å²) in [6, 6.07) is 0.679. The van der Waals surface area contributed by atoms with E-state index in [2.05, 4.69) is 24.1 Å². The Morgan fingerprint density at radius 1 is 1.16 bits per heavy atom.